The molecule has 9 nitrogen and oxygen atoms in total. The van der Waals surface area contributed by atoms with E-state index in [0.717, 1.165) is 5.56 Å². The molecule has 0 bridgehead atoms. The van der Waals surface area contributed by atoms with Gasteiger partial charge in [0, 0.05) is 30.3 Å². The van der Waals surface area contributed by atoms with Crippen molar-refractivity contribution in [1.29, 1.82) is 0 Å². The number of carbonyl (C=O) groups is 1. The summed E-state index contributed by atoms with van der Waals surface area (Å²) in [4.78, 5) is 11.7. The quantitative estimate of drug-likeness (QED) is 0.0296. The molecule has 5 aromatic carbocycles. The number of nitrogens with two attached hydrogens (primary N) is 1. The van der Waals surface area contributed by atoms with Crippen LogP contribution >= 0.6 is 7.26 Å². The Bertz CT molecular complexity index is 1910. The Balaban J connectivity index is 0.00000378. The van der Waals surface area contributed by atoms with Gasteiger partial charge in [0.25, 0.3) is 0 Å². The van der Waals surface area contributed by atoms with Crippen molar-refractivity contribution < 1.29 is 43.6 Å². The maximum absolute atomic E-state index is 11.7. The van der Waals surface area contributed by atoms with Crippen molar-refractivity contribution in [2.24, 2.45) is 26.1 Å². The smallest absolute Gasteiger partial charge is 1.00 e. The second-order valence-electron chi connectivity index (χ2n) is 11.0. The summed E-state index contributed by atoms with van der Waals surface area (Å²) in [6.45, 7) is 0.802. The third-order valence-corrected chi connectivity index (χ3v) is 12.4. The first-order chi connectivity index (χ1) is 24.9. The number of halogens is 1. The Hall–Kier alpha value is -4.32. The number of nitrogens with zero attached hydrogens (tertiary/aromatic N) is 4. The zero-order valence-corrected chi connectivity index (χ0v) is 33.7. The van der Waals surface area contributed by atoms with Crippen LogP contribution in [0.4, 0.5) is 0 Å². The Morgan fingerprint density at radius 2 is 1.02 bits per heavy atom. The molecule has 0 aliphatic carbocycles. The van der Waals surface area contributed by atoms with Gasteiger partial charge >= 0.3 is 17.1 Å². The standard InChI is InChI=1S/C39H38N7O2PS2.BrH.Cu/c1-41-38(50)45-43-36(30-22-24-31(25-23-30)37(40)47)35(29-14-6-2-7-15-29)44-46-39(51)42-26-27-48-28-49(32-16-8-3-9-17-32,33-18-10-4-11-19-33)34-20-12-5-13-21-34;;/h2-25H,26-28H2,1H3,(H5-,40,41,42,43,44,45,46,47,50,51);1H;/q;;+2/p-2. The van der Waals surface area contributed by atoms with Crippen molar-refractivity contribution in [2.75, 3.05) is 26.5 Å². The van der Waals surface area contributed by atoms with Gasteiger partial charge in [-0.2, -0.15) is 10.2 Å². The van der Waals surface area contributed by atoms with E-state index in [1.807, 2.05) is 48.5 Å². The van der Waals surface area contributed by atoms with Crippen LogP contribution in [0, 0.1) is 0 Å². The molecule has 1 radical (unpaired) electrons. The van der Waals surface area contributed by atoms with Gasteiger partial charge in [0.1, 0.15) is 34.6 Å². The third-order valence-electron chi connectivity index (χ3n) is 7.81. The van der Waals surface area contributed by atoms with Gasteiger partial charge in [-0.1, -0.05) is 97.1 Å². The zero-order chi connectivity index (χ0) is 35.9. The van der Waals surface area contributed by atoms with E-state index in [4.69, 9.17) is 35.7 Å². The summed E-state index contributed by atoms with van der Waals surface area (Å²) in [5, 5.41) is 27.5. The number of benzene rings is 5. The molecule has 0 atom stereocenters. The molecule has 0 saturated heterocycles. The predicted octanol–water partition coefficient (Wildman–Crippen LogP) is 1.48. The molecule has 0 aliphatic heterocycles. The molecule has 5 aromatic rings. The predicted molar refractivity (Wildman–Crippen MR) is 217 cm³/mol. The van der Waals surface area contributed by atoms with Crippen LogP contribution in [0.3, 0.4) is 0 Å². The molecule has 0 saturated carbocycles. The molecule has 53 heavy (non-hydrogen) atoms. The second-order valence-corrected chi connectivity index (χ2v) is 15.2. The van der Waals surface area contributed by atoms with Crippen LogP contribution in [-0.2, 0) is 47.1 Å². The number of hydrogen-bond donors (Lipinski definition) is 3. The van der Waals surface area contributed by atoms with Crippen LogP contribution < -0.4 is 49.3 Å². The van der Waals surface area contributed by atoms with Crippen molar-refractivity contribution in [3.8, 4) is 0 Å². The number of primary amides is 1. The number of hydrogen-bond acceptors (Lipinski definition) is 8. The van der Waals surface area contributed by atoms with Crippen molar-refractivity contribution >= 4 is 76.1 Å². The minimum absolute atomic E-state index is 0. The summed E-state index contributed by atoms with van der Waals surface area (Å²) in [6, 6.07) is 47.8. The van der Waals surface area contributed by atoms with Crippen LogP contribution in [0.25, 0.3) is 0 Å². The van der Waals surface area contributed by atoms with E-state index in [0.29, 0.717) is 42.0 Å². The summed E-state index contributed by atoms with van der Waals surface area (Å²) in [5.41, 5.74) is 7.93. The Morgan fingerprint density at radius 3 is 1.45 bits per heavy atom. The second kappa shape index (κ2) is 22.0. The number of carbonyl (C=O) groups excluding carboxylic acids is 1. The minimum atomic E-state index is -2.13. The van der Waals surface area contributed by atoms with Gasteiger partial charge in [0.05, 0.1) is 6.61 Å². The molecule has 0 aromatic heterocycles. The third kappa shape index (κ3) is 11.6. The molecule has 0 spiro atoms. The van der Waals surface area contributed by atoms with E-state index in [2.05, 4.69) is 104 Å². The number of nitrogens with one attached hydrogen (secondary N) is 2. The molecule has 0 fully saturated rings. The fourth-order valence-electron chi connectivity index (χ4n) is 5.30. The van der Waals surface area contributed by atoms with Gasteiger partial charge in [-0.25, -0.2) is 0 Å². The SMILES string of the molecule is CNC([S-])=NN=C(C(=NN=C([S-])NCCOC[P+](c1ccccc1)(c1ccccc1)c1ccccc1)c1ccccc1)c1ccc(C(N)=O)cc1.[Br-].[Cu+2]. The first-order valence-electron chi connectivity index (χ1n) is 16.1. The topological polar surface area (TPSA) is 126 Å². The van der Waals surface area contributed by atoms with Gasteiger partial charge in [-0.15, -0.1) is 10.2 Å². The summed E-state index contributed by atoms with van der Waals surface area (Å²) in [5.74, 6) is -0.541. The molecule has 0 unspecified atom stereocenters. The summed E-state index contributed by atoms with van der Waals surface area (Å²) in [7, 11) is -0.474. The minimum Gasteiger partial charge on any atom is -1.00 e. The molecule has 275 valence electrons. The van der Waals surface area contributed by atoms with Crippen molar-refractivity contribution in [1.82, 2.24) is 10.6 Å². The molecule has 14 heteroatoms. The summed E-state index contributed by atoms with van der Waals surface area (Å²) in [6.07, 6.45) is 0.513. The first kappa shape index (κ1) is 43.1. The van der Waals surface area contributed by atoms with Crippen molar-refractivity contribution in [3.05, 3.63) is 162 Å². The van der Waals surface area contributed by atoms with E-state index in [-0.39, 0.29) is 44.4 Å². The Kier molecular flexibility index (Phi) is 17.9. The van der Waals surface area contributed by atoms with Gasteiger partial charge in [-0.3, -0.25) is 4.79 Å². The molecule has 5 rings (SSSR count). The van der Waals surface area contributed by atoms with Gasteiger partial charge in [0.15, 0.2) is 6.35 Å². The van der Waals surface area contributed by atoms with E-state index in [9.17, 15) is 4.79 Å². The monoisotopic (exact) mass is 872 g/mol. The molecule has 0 heterocycles. The maximum atomic E-state index is 11.7. The average molecular weight is 874 g/mol. The van der Waals surface area contributed by atoms with Crippen LogP contribution in [0.2, 0.25) is 0 Å². The first-order valence-corrected chi connectivity index (χ1v) is 18.9. The number of ether oxygens (including phenoxy) is 1. The van der Waals surface area contributed by atoms with Crippen LogP contribution in [0.15, 0.2) is 166 Å². The Labute approximate surface area is 343 Å². The van der Waals surface area contributed by atoms with Crippen molar-refractivity contribution in [3.63, 3.8) is 0 Å². The van der Waals surface area contributed by atoms with Crippen LogP contribution in [0.1, 0.15) is 21.5 Å². The average Bonchev–Trinajstić information content (AvgIpc) is 3.19. The summed E-state index contributed by atoms with van der Waals surface area (Å²) < 4.78 is 6.46. The fourth-order valence-corrected chi connectivity index (χ4v) is 9.27. The normalized spacial score (nSPS) is 12.2. The van der Waals surface area contributed by atoms with Gasteiger partial charge in [-0.05, 0) is 58.9 Å². The van der Waals surface area contributed by atoms with E-state index < -0.39 is 13.2 Å². The molecule has 0 aliphatic rings. The van der Waals surface area contributed by atoms with E-state index >= 15 is 0 Å². The van der Waals surface area contributed by atoms with Gasteiger partial charge in [0.2, 0.25) is 5.91 Å². The molecular weight excluding hydrogens is 837 g/mol. The summed E-state index contributed by atoms with van der Waals surface area (Å²) >= 11 is 10.8. The zero-order valence-electron chi connectivity index (χ0n) is 28.6. The van der Waals surface area contributed by atoms with Crippen LogP contribution in [0.5, 0.6) is 0 Å². The molecule has 4 N–H and O–H groups in total. The van der Waals surface area contributed by atoms with E-state index in [1.165, 1.54) is 15.9 Å². The van der Waals surface area contributed by atoms with Crippen molar-refractivity contribution in [2.45, 2.75) is 0 Å². The Morgan fingerprint density at radius 1 is 0.623 bits per heavy atom. The number of amides is 1. The number of amidine groups is 2. The molecule has 1 amide bonds. The number of rotatable bonds is 14. The van der Waals surface area contributed by atoms with E-state index in [1.54, 1.807) is 31.3 Å². The maximum Gasteiger partial charge on any atom is 2.00 e. The van der Waals surface area contributed by atoms with Crippen LogP contribution in [-0.4, -0.2) is 54.2 Å². The fraction of sp³-hybridized carbons (Fsp3) is 0.103. The molecular formula is C39H37BrCuN7O2PS2. The largest absolute Gasteiger partial charge is 2.00 e. The van der Waals surface area contributed by atoms with Gasteiger partial charge < -0.3 is 63.3 Å².